The van der Waals surface area contributed by atoms with Gasteiger partial charge in [0.15, 0.2) is 5.78 Å². The monoisotopic (exact) mass is 432 g/mol. The molecule has 0 fully saturated rings. The number of hydrogen-bond acceptors (Lipinski definition) is 3. The Balaban J connectivity index is 1.91. The van der Waals surface area contributed by atoms with Crippen LogP contribution in [0.2, 0.25) is 0 Å². The predicted octanol–water partition coefficient (Wildman–Crippen LogP) is 7.93. The second kappa shape index (κ2) is 15.6. The van der Waals surface area contributed by atoms with Crippen molar-refractivity contribution in [3.8, 4) is 0 Å². The number of allylic oxidation sites excluding steroid dienone is 4. The minimum absolute atomic E-state index is 0.146. The molecule has 27 heavy (non-hydrogen) atoms. The molecule has 0 saturated carbocycles. The van der Waals surface area contributed by atoms with E-state index in [1.165, 1.54) is 101 Å². The summed E-state index contributed by atoms with van der Waals surface area (Å²) in [4.78, 5) is 24.0. The first kappa shape index (κ1) is 24.8. The van der Waals surface area contributed by atoms with Gasteiger partial charge in [0.05, 0.1) is 4.91 Å². The predicted molar refractivity (Wildman–Crippen MR) is 120 cm³/mol. The molecule has 0 N–H and O–H groups in total. The summed E-state index contributed by atoms with van der Waals surface area (Å²) in [5, 5.41) is -0.310. The van der Waals surface area contributed by atoms with Crippen LogP contribution in [0.25, 0.3) is 0 Å². The van der Waals surface area contributed by atoms with Gasteiger partial charge < -0.3 is 0 Å². The van der Waals surface area contributed by atoms with Crippen molar-refractivity contribution in [2.45, 2.75) is 96.8 Å². The number of carbonyl (C=O) groups is 2. The molecule has 0 saturated heterocycles. The second-order valence-corrected chi connectivity index (χ2v) is 9.17. The Morgan fingerprint density at radius 1 is 0.704 bits per heavy atom. The Hall–Kier alpha value is -0.250. The number of ketones is 2. The van der Waals surface area contributed by atoms with Gasteiger partial charge in [-0.3, -0.25) is 9.59 Å². The van der Waals surface area contributed by atoms with E-state index in [1.54, 1.807) is 0 Å². The molecular formula is C22H34Cl2O2S. The topological polar surface area (TPSA) is 34.1 Å². The van der Waals surface area contributed by atoms with Crippen molar-refractivity contribution in [3.63, 3.8) is 0 Å². The molecule has 0 heterocycles. The van der Waals surface area contributed by atoms with Crippen LogP contribution in [0.15, 0.2) is 21.0 Å². The van der Waals surface area contributed by atoms with Gasteiger partial charge in [-0.05, 0) is 12.2 Å². The van der Waals surface area contributed by atoms with Crippen LogP contribution in [0, 0.1) is 0 Å². The lowest BCUT2D eigenvalue weighted by atomic mass is 10.0. The molecule has 0 amide bonds. The van der Waals surface area contributed by atoms with E-state index in [9.17, 15) is 9.59 Å². The fourth-order valence-corrected chi connectivity index (χ4v) is 4.53. The fraction of sp³-hybridized carbons (Fsp3) is 0.727. The van der Waals surface area contributed by atoms with Crippen LogP contribution in [-0.4, -0.2) is 17.3 Å². The minimum Gasteiger partial charge on any atom is -0.288 e. The lowest BCUT2D eigenvalue weighted by Gasteiger charge is -2.11. The molecule has 1 rings (SSSR count). The molecule has 0 bridgehead atoms. The highest BCUT2D eigenvalue weighted by molar-refractivity contribution is 8.04. The van der Waals surface area contributed by atoms with Gasteiger partial charge in [0, 0.05) is 6.08 Å². The summed E-state index contributed by atoms with van der Waals surface area (Å²) in [5.41, 5.74) is 0. The van der Waals surface area contributed by atoms with E-state index >= 15 is 0 Å². The van der Waals surface area contributed by atoms with Crippen molar-refractivity contribution in [1.29, 1.82) is 0 Å². The van der Waals surface area contributed by atoms with Crippen LogP contribution >= 0.6 is 35.0 Å². The first-order valence-corrected chi connectivity index (χ1v) is 12.3. The maximum absolute atomic E-state index is 11.9. The van der Waals surface area contributed by atoms with Crippen molar-refractivity contribution in [2.75, 3.05) is 5.75 Å². The normalized spacial score (nSPS) is 14.9. The quantitative estimate of drug-likeness (QED) is 0.183. The number of carbonyl (C=O) groups excluding carboxylic acids is 2. The van der Waals surface area contributed by atoms with Crippen LogP contribution in [0.5, 0.6) is 0 Å². The number of thioether (sulfide) groups is 1. The van der Waals surface area contributed by atoms with E-state index in [-0.39, 0.29) is 21.6 Å². The average Bonchev–Trinajstić information content (AvgIpc) is 2.67. The highest BCUT2D eigenvalue weighted by atomic mass is 35.5. The van der Waals surface area contributed by atoms with Crippen LogP contribution in [0.1, 0.15) is 96.8 Å². The summed E-state index contributed by atoms with van der Waals surface area (Å²) in [5.74, 6) is 0.145. The maximum Gasteiger partial charge on any atom is 0.212 e. The standard InChI is InChI=1S/C22H34Cl2O2S/c1-2-3-4-5-6-7-8-9-10-11-12-13-14-15-16-27-19-17-18(25)20(23)21(24)22(19)26/h17H,2-16H2,1H3. The van der Waals surface area contributed by atoms with Gasteiger partial charge in [0.2, 0.25) is 5.78 Å². The van der Waals surface area contributed by atoms with Crippen molar-refractivity contribution in [2.24, 2.45) is 0 Å². The van der Waals surface area contributed by atoms with Gasteiger partial charge in [0.1, 0.15) is 10.1 Å². The van der Waals surface area contributed by atoms with Gasteiger partial charge in [-0.1, -0.05) is 114 Å². The van der Waals surface area contributed by atoms with Crippen LogP contribution in [-0.2, 0) is 9.59 Å². The molecule has 0 aliphatic heterocycles. The number of halogens is 2. The summed E-state index contributed by atoms with van der Waals surface area (Å²) in [6.07, 6.45) is 19.9. The Labute approximate surface area is 179 Å². The van der Waals surface area contributed by atoms with Gasteiger partial charge in [0.25, 0.3) is 0 Å². The smallest absolute Gasteiger partial charge is 0.212 e. The third kappa shape index (κ3) is 10.8. The van der Waals surface area contributed by atoms with E-state index in [0.29, 0.717) is 4.91 Å². The molecule has 0 atom stereocenters. The highest BCUT2D eigenvalue weighted by Gasteiger charge is 2.26. The Kier molecular flexibility index (Phi) is 14.4. The molecule has 0 spiro atoms. The van der Waals surface area contributed by atoms with E-state index in [2.05, 4.69) is 6.92 Å². The lowest BCUT2D eigenvalue weighted by Crippen LogP contribution is -2.12. The van der Waals surface area contributed by atoms with E-state index in [0.717, 1.165) is 12.2 Å². The van der Waals surface area contributed by atoms with Crippen molar-refractivity contribution >= 4 is 46.5 Å². The zero-order valence-electron chi connectivity index (χ0n) is 16.7. The molecule has 0 aromatic carbocycles. The Bertz CT molecular complexity index is 526. The highest BCUT2D eigenvalue weighted by Crippen LogP contribution is 2.31. The minimum atomic E-state index is -0.371. The number of Topliss-reactive ketones (excluding diaryl/α,β-unsaturated/α-hetero) is 1. The Morgan fingerprint density at radius 2 is 1.15 bits per heavy atom. The third-order valence-electron chi connectivity index (χ3n) is 4.85. The molecule has 5 heteroatoms. The molecule has 1 aliphatic carbocycles. The summed E-state index contributed by atoms with van der Waals surface area (Å²) >= 11 is 12.9. The van der Waals surface area contributed by atoms with Crippen LogP contribution in [0.3, 0.4) is 0 Å². The molecule has 0 aromatic heterocycles. The van der Waals surface area contributed by atoms with Crippen LogP contribution < -0.4 is 0 Å². The van der Waals surface area contributed by atoms with E-state index in [4.69, 9.17) is 23.2 Å². The van der Waals surface area contributed by atoms with E-state index < -0.39 is 0 Å². The maximum atomic E-state index is 11.9. The number of hydrogen-bond donors (Lipinski definition) is 0. The molecule has 2 nitrogen and oxygen atoms in total. The van der Waals surface area contributed by atoms with E-state index in [1.807, 2.05) is 0 Å². The van der Waals surface area contributed by atoms with Crippen molar-refractivity contribution in [1.82, 2.24) is 0 Å². The molecule has 154 valence electrons. The van der Waals surface area contributed by atoms with Gasteiger partial charge in [-0.2, -0.15) is 0 Å². The molecular weight excluding hydrogens is 399 g/mol. The number of unbranched alkanes of at least 4 members (excludes halogenated alkanes) is 13. The zero-order valence-corrected chi connectivity index (χ0v) is 19.0. The lowest BCUT2D eigenvalue weighted by molar-refractivity contribution is -0.114. The average molecular weight is 433 g/mol. The summed E-state index contributed by atoms with van der Waals surface area (Å²) in [7, 11) is 0. The first-order valence-electron chi connectivity index (χ1n) is 10.6. The SMILES string of the molecule is CCCCCCCCCCCCCCCCSC1=CC(=O)C(Cl)=C(Cl)C1=O. The van der Waals surface area contributed by atoms with Crippen LogP contribution in [0.4, 0.5) is 0 Å². The van der Waals surface area contributed by atoms with Gasteiger partial charge >= 0.3 is 0 Å². The number of rotatable bonds is 16. The van der Waals surface area contributed by atoms with Crippen molar-refractivity contribution < 1.29 is 9.59 Å². The first-order chi connectivity index (χ1) is 13.1. The van der Waals surface area contributed by atoms with Crippen molar-refractivity contribution in [3.05, 3.63) is 21.0 Å². The molecule has 0 unspecified atom stereocenters. The Morgan fingerprint density at radius 3 is 1.63 bits per heavy atom. The van der Waals surface area contributed by atoms with Gasteiger partial charge in [-0.15, -0.1) is 11.8 Å². The molecule has 1 aliphatic rings. The molecule has 0 aromatic rings. The summed E-state index contributed by atoms with van der Waals surface area (Å²) in [6, 6.07) is 0. The van der Waals surface area contributed by atoms with Gasteiger partial charge in [-0.25, -0.2) is 0 Å². The second-order valence-electron chi connectivity index (χ2n) is 7.27. The zero-order chi connectivity index (χ0) is 19.9. The molecule has 0 radical (unpaired) electrons. The largest absolute Gasteiger partial charge is 0.288 e. The third-order valence-corrected chi connectivity index (χ3v) is 6.79. The summed E-state index contributed by atoms with van der Waals surface area (Å²) < 4.78 is 0. The fourth-order valence-electron chi connectivity index (χ4n) is 3.15. The summed E-state index contributed by atoms with van der Waals surface area (Å²) in [6.45, 7) is 2.26.